The van der Waals surface area contributed by atoms with Gasteiger partial charge in [0.15, 0.2) is 0 Å². The van der Waals surface area contributed by atoms with E-state index in [1.165, 1.54) is 4.31 Å². The Kier molecular flexibility index (Phi) is 6.59. The van der Waals surface area contributed by atoms with Crippen molar-refractivity contribution in [2.24, 2.45) is 0 Å². The maximum atomic E-state index is 12.6. The van der Waals surface area contributed by atoms with E-state index in [2.05, 4.69) is 41.7 Å². The van der Waals surface area contributed by atoms with Crippen LogP contribution < -0.4 is 5.32 Å². The summed E-state index contributed by atoms with van der Waals surface area (Å²) in [5.41, 5.74) is 1.74. The summed E-state index contributed by atoms with van der Waals surface area (Å²) in [6.07, 6.45) is 0. The Morgan fingerprint density at radius 3 is 2.57 bits per heavy atom. The van der Waals surface area contributed by atoms with Crippen LogP contribution in [0.15, 0.2) is 39.7 Å². The van der Waals surface area contributed by atoms with Crippen LogP contribution in [0, 0.1) is 0 Å². The molecule has 0 saturated carbocycles. The molecule has 1 N–H and O–H groups in total. The zero-order chi connectivity index (χ0) is 16.2. The normalized spacial score (nSPS) is 12.1. The van der Waals surface area contributed by atoms with Gasteiger partial charge >= 0.3 is 0 Å². The minimum Gasteiger partial charge on any atom is -0.310 e. The lowest BCUT2D eigenvalue weighted by atomic mass is 10.2. The number of hydrogen-bond donors (Lipinski definition) is 1. The molecule has 0 aliphatic heterocycles. The van der Waals surface area contributed by atoms with Gasteiger partial charge in [-0.2, -0.15) is 4.31 Å². The lowest BCUT2D eigenvalue weighted by molar-refractivity contribution is 0.492. The van der Waals surface area contributed by atoms with Gasteiger partial charge in [-0.15, -0.1) is 0 Å². The molecule has 0 spiro atoms. The minimum absolute atomic E-state index is 0.286. The molecule has 0 radical (unpaired) electrons. The van der Waals surface area contributed by atoms with E-state index in [-0.39, 0.29) is 4.90 Å². The average molecular weight is 375 g/mol. The Bertz CT molecular complexity index is 612. The number of nitrogens with one attached hydrogen (secondary N) is 1. The number of likely N-dealkylation sites (N-methyl/N-ethyl adjacent to an activating group) is 1. The Morgan fingerprint density at radius 2 is 2.05 bits per heavy atom. The van der Waals surface area contributed by atoms with Crippen molar-refractivity contribution < 1.29 is 8.42 Å². The lowest BCUT2D eigenvalue weighted by Crippen LogP contribution is -2.29. The first kappa shape index (κ1) is 18.4. The summed E-state index contributed by atoms with van der Waals surface area (Å²) in [5.74, 6) is 0. The fourth-order valence-corrected chi connectivity index (χ4v) is 4.01. The molecule has 6 heteroatoms. The molecule has 0 aromatic heterocycles. The topological polar surface area (TPSA) is 49.4 Å². The Hall–Kier alpha value is -0.690. The highest BCUT2D eigenvalue weighted by Gasteiger charge is 2.23. The molecule has 1 aromatic carbocycles. The molecule has 0 bridgehead atoms. The van der Waals surface area contributed by atoms with E-state index in [1.54, 1.807) is 19.2 Å². The lowest BCUT2D eigenvalue weighted by Gasteiger charge is -2.19. The van der Waals surface area contributed by atoms with Crippen molar-refractivity contribution in [3.8, 4) is 0 Å². The van der Waals surface area contributed by atoms with Crippen LogP contribution >= 0.6 is 15.9 Å². The van der Waals surface area contributed by atoms with Crippen LogP contribution in [-0.4, -0.2) is 32.4 Å². The molecule has 0 atom stereocenters. The highest BCUT2D eigenvalue weighted by Crippen LogP contribution is 2.26. The van der Waals surface area contributed by atoms with Crippen LogP contribution in [0.5, 0.6) is 0 Å². The van der Waals surface area contributed by atoms with Gasteiger partial charge in [-0.3, -0.25) is 0 Å². The van der Waals surface area contributed by atoms with Crippen molar-refractivity contribution in [2.45, 2.75) is 38.3 Å². The number of nitrogens with zero attached hydrogens (tertiary/aromatic N) is 1. The van der Waals surface area contributed by atoms with E-state index < -0.39 is 10.0 Å². The van der Waals surface area contributed by atoms with Gasteiger partial charge in [0.2, 0.25) is 10.0 Å². The van der Waals surface area contributed by atoms with Gasteiger partial charge in [0.1, 0.15) is 0 Å². The molecule has 0 aliphatic rings. The van der Waals surface area contributed by atoms with Crippen LogP contribution in [0.4, 0.5) is 0 Å². The number of sulfonamides is 1. The molecule has 0 fully saturated rings. The predicted molar refractivity (Wildman–Crippen MR) is 90.7 cm³/mol. The largest absolute Gasteiger partial charge is 0.310 e. The summed E-state index contributed by atoms with van der Waals surface area (Å²) in [7, 11) is -1.96. The number of rotatable bonds is 7. The second-order valence-corrected chi connectivity index (χ2v) is 8.39. The van der Waals surface area contributed by atoms with Crippen molar-refractivity contribution >= 4 is 26.0 Å². The SMILES string of the molecule is C=C(C)CN(C)S(=O)(=O)c1cc(CNC(C)C)ccc1Br. The third kappa shape index (κ3) is 5.21. The molecule has 118 valence electrons. The smallest absolute Gasteiger partial charge is 0.244 e. The van der Waals surface area contributed by atoms with Crippen molar-refractivity contribution in [1.82, 2.24) is 9.62 Å². The standard InChI is InChI=1S/C15H23BrN2O2S/c1-11(2)10-18(5)21(19,20)15-8-13(6-7-14(15)16)9-17-12(3)4/h6-8,12,17H,1,9-10H2,2-5H3. The van der Waals surface area contributed by atoms with E-state index >= 15 is 0 Å². The minimum atomic E-state index is -3.53. The number of hydrogen-bond acceptors (Lipinski definition) is 3. The van der Waals surface area contributed by atoms with Crippen LogP contribution in [0.25, 0.3) is 0 Å². The van der Waals surface area contributed by atoms with Gasteiger partial charge in [-0.25, -0.2) is 8.42 Å². The molecule has 0 unspecified atom stereocenters. The highest BCUT2D eigenvalue weighted by molar-refractivity contribution is 9.10. The zero-order valence-corrected chi connectivity index (χ0v) is 15.4. The first-order valence-electron chi connectivity index (χ1n) is 6.77. The Morgan fingerprint density at radius 1 is 1.43 bits per heavy atom. The van der Waals surface area contributed by atoms with Gasteiger partial charge in [-0.1, -0.05) is 32.1 Å². The first-order chi connectivity index (χ1) is 9.64. The average Bonchev–Trinajstić information content (AvgIpc) is 2.36. The van der Waals surface area contributed by atoms with Gasteiger partial charge in [-0.05, 0) is 40.5 Å². The molecule has 4 nitrogen and oxygen atoms in total. The van der Waals surface area contributed by atoms with E-state index in [4.69, 9.17) is 0 Å². The molecule has 0 saturated heterocycles. The molecule has 0 heterocycles. The van der Waals surface area contributed by atoms with Crippen LogP contribution in [0.1, 0.15) is 26.3 Å². The fourth-order valence-electron chi connectivity index (χ4n) is 1.81. The Labute approximate surface area is 136 Å². The first-order valence-corrected chi connectivity index (χ1v) is 9.00. The zero-order valence-electron chi connectivity index (χ0n) is 13.0. The van der Waals surface area contributed by atoms with E-state index in [0.717, 1.165) is 11.1 Å². The van der Waals surface area contributed by atoms with Crippen molar-refractivity contribution in [1.29, 1.82) is 0 Å². The summed E-state index contributed by atoms with van der Waals surface area (Å²) < 4.78 is 27.1. The van der Waals surface area contributed by atoms with E-state index in [9.17, 15) is 8.42 Å². The van der Waals surface area contributed by atoms with Gasteiger partial charge in [0, 0.05) is 30.7 Å². The number of halogens is 1. The summed E-state index contributed by atoms with van der Waals surface area (Å²) in [6, 6.07) is 5.75. The maximum absolute atomic E-state index is 12.6. The highest BCUT2D eigenvalue weighted by atomic mass is 79.9. The van der Waals surface area contributed by atoms with E-state index in [0.29, 0.717) is 23.6 Å². The molecule has 21 heavy (non-hydrogen) atoms. The predicted octanol–water partition coefficient (Wildman–Crippen LogP) is 3.14. The fraction of sp³-hybridized carbons (Fsp3) is 0.467. The van der Waals surface area contributed by atoms with Crippen LogP contribution in [-0.2, 0) is 16.6 Å². The second-order valence-electron chi connectivity index (χ2n) is 5.52. The third-order valence-electron chi connectivity index (χ3n) is 2.89. The van der Waals surface area contributed by atoms with Crippen molar-refractivity contribution in [3.05, 3.63) is 40.4 Å². The molecule has 0 amide bonds. The maximum Gasteiger partial charge on any atom is 0.244 e. The summed E-state index contributed by atoms with van der Waals surface area (Å²) in [5, 5.41) is 3.28. The van der Waals surface area contributed by atoms with Gasteiger partial charge < -0.3 is 5.32 Å². The van der Waals surface area contributed by atoms with Crippen molar-refractivity contribution in [2.75, 3.05) is 13.6 Å². The molecule has 0 aliphatic carbocycles. The summed E-state index contributed by atoms with van der Waals surface area (Å²) >= 11 is 3.33. The van der Waals surface area contributed by atoms with Gasteiger partial charge in [0.05, 0.1) is 4.90 Å². The summed E-state index contributed by atoms with van der Waals surface area (Å²) in [6.45, 7) is 10.6. The monoisotopic (exact) mass is 374 g/mol. The second kappa shape index (κ2) is 7.54. The summed E-state index contributed by atoms with van der Waals surface area (Å²) in [4.78, 5) is 0.286. The molecule has 1 rings (SSSR count). The number of benzene rings is 1. The third-order valence-corrected chi connectivity index (χ3v) is 5.69. The van der Waals surface area contributed by atoms with Crippen molar-refractivity contribution in [3.63, 3.8) is 0 Å². The molecule has 1 aromatic rings. The van der Waals surface area contributed by atoms with Crippen LogP contribution in [0.3, 0.4) is 0 Å². The molecular formula is C15H23BrN2O2S. The molecular weight excluding hydrogens is 352 g/mol. The van der Waals surface area contributed by atoms with Crippen LogP contribution in [0.2, 0.25) is 0 Å². The van der Waals surface area contributed by atoms with E-state index in [1.807, 2.05) is 13.0 Å². The van der Waals surface area contributed by atoms with Gasteiger partial charge in [0.25, 0.3) is 0 Å². The quantitative estimate of drug-likeness (QED) is 0.745. The Balaban J connectivity index is 3.10.